The first-order chi connectivity index (χ1) is 24.3. The molecule has 0 bridgehead atoms. The number of aliphatic hydroxyl groups excluding tert-OH is 6. The molecule has 0 aliphatic carbocycles. The van der Waals surface area contributed by atoms with E-state index in [0.29, 0.717) is 11.1 Å². The van der Waals surface area contributed by atoms with Crippen LogP contribution in [0.15, 0.2) is 42.5 Å². The number of phenols is 2. The number of esters is 2. The van der Waals surface area contributed by atoms with E-state index < -0.39 is 86.6 Å². The summed E-state index contributed by atoms with van der Waals surface area (Å²) in [6, 6.07) is 7.08. The fourth-order valence-corrected chi connectivity index (χ4v) is 5.27. The number of carbonyl (C=O) groups is 2. The molecule has 0 saturated carbocycles. The number of benzene rings is 2. The predicted octanol–water partition coefficient (Wildman–Crippen LogP) is -1.43. The maximum absolute atomic E-state index is 12.9. The van der Waals surface area contributed by atoms with Gasteiger partial charge >= 0.3 is 11.9 Å². The molecule has 2 saturated heterocycles. The number of hydrogen-bond acceptors (Lipinski definition) is 18. The Kier molecular flexibility index (Phi) is 13.2. The average Bonchev–Trinajstić information content (AvgIpc) is 3.39. The van der Waals surface area contributed by atoms with Crippen molar-refractivity contribution in [2.24, 2.45) is 0 Å². The van der Waals surface area contributed by atoms with E-state index in [1.165, 1.54) is 63.8 Å². The second kappa shape index (κ2) is 17.1. The normalized spacial score (nSPS) is 29.3. The quantitative estimate of drug-likeness (QED) is 0.0819. The summed E-state index contributed by atoms with van der Waals surface area (Å²) in [5.41, 5.74) is 0.803. The van der Waals surface area contributed by atoms with Crippen LogP contribution in [0.4, 0.5) is 0 Å². The third kappa shape index (κ3) is 8.87. The number of aliphatic hydroxyl groups is 6. The lowest BCUT2D eigenvalue weighted by molar-refractivity contribution is -0.383. The third-order valence-corrected chi connectivity index (χ3v) is 8.02. The third-order valence-electron chi connectivity index (χ3n) is 8.02. The summed E-state index contributed by atoms with van der Waals surface area (Å²) in [5, 5.41) is 82.7. The van der Waals surface area contributed by atoms with Gasteiger partial charge in [0.2, 0.25) is 11.5 Å². The molecule has 0 radical (unpaired) electrons. The highest BCUT2D eigenvalue weighted by Crippen LogP contribution is 2.39. The summed E-state index contributed by atoms with van der Waals surface area (Å²) in [7, 11) is 3.97. The largest absolute Gasteiger partial charge is 0.504 e. The van der Waals surface area contributed by atoms with Crippen molar-refractivity contribution in [2.75, 3.05) is 41.2 Å². The van der Waals surface area contributed by atoms with E-state index in [9.17, 15) is 50.4 Å². The Morgan fingerprint density at radius 3 is 2.00 bits per heavy atom. The Labute approximate surface area is 290 Å². The van der Waals surface area contributed by atoms with E-state index >= 15 is 0 Å². The monoisotopic (exact) mass is 724 g/mol. The summed E-state index contributed by atoms with van der Waals surface area (Å²) in [4.78, 5) is 25.3. The van der Waals surface area contributed by atoms with Crippen molar-refractivity contribution in [1.29, 1.82) is 0 Å². The number of aromatic hydroxyl groups is 2. The van der Waals surface area contributed by atoms with Crippen LogP contribution < -0.4 is 14.2 Å². The molecule has 51 heavy (non-hydrogen) atoms. The molecule has 280 valence electrons. The standard InChI is InChI=1S/C33H40O18/c1-44-19-10-16(4-7-18(19)36)5-8-24(37)47-14-23-27(40)29(42)30(43)32(48-23)51-33(15-35)31(28(41)22(13-34)50-33)49-25(38)9-6-17-11-20(45-2)26(39)21(12-17)46-3/h4-12,22-23,27-32,34-36,39-43H,13-15H2,1-3H3/t22-,23-,27-,28-,29+,30-,31+,32-,33+/m1/s1. The maximum atomic E-state index is 12.9. The summed E-state index contributed by atoms with van der Waals surface area (Å²) >= 11 is 0. The number of rotatable bonds is 14. The first kappa shape index (κ1) is 39.3. The van der Waals surface area contributed by atoms with Gasteiger partial charge in [-0.2, -0.15) is 0 Å². The van der Waals surface area contributed by atoms with Gasteiger partial charge in [-0.3, -0.25) is 0 Å². The summed E-state index contributed by atoms with van der Waals surface area (Å²) < 4.78 is 42.6. The molecular formula is C33H40O18. The lowest BCUT2D eigenvalue weighted by atomic mass is 9.99. The van der Waals surface area contributed by atoms with Gasteiger partial charge in [0.1, 0.15) is 49.8 Å². The Hall–Kier alpha value is -4.50. The fourth-order valence-electron chi connectivity index (χ4n) is 5.27. The van der Waals surface area contributed by atoms with Crippen LogP contribution >= 0.6 is 0 Å². The van der Waals surface area contributed by atoms with Crippen LogP contribution in [-0.4, -0.2) is 149 Å². The molecule has 18 heteroatoms. The first-order valence-corrected chi connectivity index (χ1v) is 15.3. The topological polar surface area (TPSA) is 270 Å². The molecule has 2 fully saturated rings. The van der Waals surface area contributed by atoms with Crippen molar-refractivity contribution in [3.63, 3.8) is 0 Å². The molecule has 18 nitrogen and oxygen atoms in total. The van der Waals surface area contributed by atoms with Gasteiger partial charge < -0.3 is 78.7 Å². The minimum absolute atomic E-state index is 0.0403. The molecule has 2 aromatic rings. The van der Waals surface area contributed by atoms with Gasteiger partial charge in [0.05, 0.1) is 27.9 Å². The average molecular weight is 725 g/mol. The van der Waals surface area contributed by atoms with Crippen LogP contribution in [0.25, 0.3) is 12.2 Å². The van der Waals surface area contributed by atoms with Crippen LogP contribution in [0.3, 0.4) is 0 Å². The molecule has 2 aliphatic rings. The van der Waals surface area contributed by atoms with Crippen molar-refractivity contribution in [3.05, 3.63) is 53.6 Å². The second-order valence-corrected chi connectivity index (χ2v) is 11.3. The minimum Gasteiger partial charge on any atom is -0.504 e. The Balaban J connectivity index is 1.48. The first-order valence-electron chi connectivity index (χ1n) is 15.3. The highest BCUT2D eigenvalue weighted by Gasteiger charge is 2.60. The van der Waals surface area contributed by atoms with Crippen LogP contribution in [-0.2, 0) is 33.3 Å². The van der Waals surface area contributed by atoms with Gasteiger partial charge in [0.15, 0.2) is 35.4 Å². The van der Waals surface area contributed by atoms with Crippen molar-refractivity contribution < 1.29 is 88.3 Å². The van der Waals surface area contributed by atoms with Gasteiger partial charge in [-0.1, -0.05) is 6.07 Å². The molecule has 8 N–H and O–H groups in total. The van der Waals surface area contributed by atoms with Gasteiger partial charge in [-0.05, 0) is 47.5 Å². The smallest absolute Gasteiger partial charge is 0.331 e. The Morgan fingerprint density at radius 1 is 0.784 bits per heavy atom. The zero-order valence-corrected chi connectivity index (χ0v) is 27.6. The van der Waals surface area contributed by atoms with Crippen LogP contribution in [0.2, 0.25) is 0 Å². The van der Waals surface area contributed by atoms with Crippen molar-refractivity contribution in [2.45, 2.75) is 54.8 Å². The highest BCUT2D eigenvalue weighted by molar-refractivity contribution is 5.88. The van der Waals surface area contributed by atoms with E-state index in [0.717, 1.165) is 12.2 Å². The molecule has 4 rings (SSSR count). The molecule has 0 spiro atoms. The summed E-state index contributed by atoms with van der Waals surface area (Å²) in [5.74, 6) is -4.64. The fraction of sp³-hybridized carbons (Fsp3) is 0.455. The molecule has 9 atom stereocenters. The van der Waals surface area contributed by atoms with Gasteiger partial charge in [0, 0.05) is 12.2 Å². The SMILES string of the molecule is COc1cc(C=CC(=O)OC[C@H]2O[C@H](O[C@]3(CO)O[C@H](CO)[C@@H](O)[C@@H]3OC(=O)C=Cc3cc(OC)c(O)c(OC)c3)[C@H](O)[C@@H](O)[C@@H]2O)ccc1O. The summed E-state index contributed by atoms with van der Waals surface area (Å²) in [6.07, 6.45) is -9.78. The van der Waals surface area contributed by atoms with Crippen LogP contribution in [0.1, 0.15) is 11.1 Å². The van der Waals surface area contributed by atoms with E-state index in [1.54, 1.807) is 0 Å². The van der Waals surface area contributed by atoms with Gasteiger partial charge in [-0.25, -0.2) is 9.59 Å². The number of ether oxygens (including phenoxy) is 8. The zero-order valence-electron chi connectivity index (χ0n) is 27.6. The molecule has 0 unspecified atom stereocenters. The molecule has 2 aliphatic heterocycles. The number of carbonyl (C=O) groups excluding carboxylic acids is 2. The molecule has 0 aromatic heterocycles. The Morgan fingerprint density at radius 2 is 1.39 bits per heavy atom. The van der Waals surface area contributed by atoms with E-state index in [1.807, 2.05) is 0 Å². The van der Waals surface area contributed by atoms with Crippen molar-refractivity contribution >= 4 is 24.1 Å². The van der Waals surface area contributed by atoms with Gasteiger partial charge in [0.25, 0.3) is 0 Å². The molecule has 2 aromatic carbocycles. The lowest BCUT2D eigenvalue weighted by Gasteiger charge is -2.43. The number of phenolic OH excluding ortho intramolecular Hbond substituents is 2. The molecule has 2 heterocycles. The highest BCUT2D eigenvalue weighted by atomic mass is 16.8. The number of methoxy groups -OCH3 is 3. The van der Waals surface area contributed by atoms with E-state index in [4.69, 9.17) is 37.9 Å². The zero-order chi connectivity index (χ0) is 37.5. The van der Waals surface area contributed by atoms with Crippen LogP contribution in [0.5, 0.6) is 28.7 Å². The Bertz CT molecular complexity index is 1550. The molecular weight excluding hydrogens is 684 g/mol. The van der Waals surface area contributed by atoms with Crippen LogP contribution in [0, 0.1) is 0 Å². The lowest BCUT2D eigenvalue weighted by Crippen LogP contribution is -2.63. The number of hydrogen-bond donors (Lipinski definition) is 8. The van der Waals surface area contributed by atoms with Crippen molar-refractivity contribution in [1.82, 2.24) is 0 Å². The van der Waals surface area contributed by atoms with E-state index in [2.05, 4.69) is 0 Å². The van der Waals surface area contributed by atoms with Gasteiger partial charge in [-0.15, -0.1) is 0 Å². The predicted molar refractivity (Wildman–Crippen MR) is 170 cm³/mol. The maximum Gasteiger partial charge on any atom is 0.331 e. The van der Waals surface area contributed by atoms with Crippen molar-refractivity contribution in [3.8, 4) is 28.7 Å². The van der Waals surface area contributed by atoms with E-state index in [-0.39, 0.29) is 28.7 Å². The molecule has 0 amide bonds. The minimum atomic E-state index is -2.50. The summed E-state index contributed by atoms with van der Waals surface area (Å²) in [6.45, 7) is -2.65. The second-order valence-electron chi connectivity index (χ2n) is 11.3.